The van der Waals surface area contributed by atoms with Gasteiger partial charge in [0.1, 0.15) is 11.6 Å². The van der Waals surface area contributed by atoms with E-state index in [0.29, 0.717) is 5.71 Å². The number of benzene rings is 3. The Balaban J connectivity index is 2.09. The van der Waals surface area contributed by atoms with Gasteiger partial charge < -0.3 is 4.53 Å². The van der Waals surface area contributed by atoms with Crippen LogP contribution in [-0.4, -0.2) is 25.6 Å². The second kappa shape index (κ2) is 9.94. The van der Waals surface area contributed by atoms with Crippen molar-refractivity contribution in [2.45, 2.75) is 26.7 Å². The molecule has 0 heterocycles. The molecule has 152 valence electrons. The Hall–Kier alpha value is -3.31. The number of Topliss-reactive ketones (excluding diaryl/α,β-unsaturated/α-hetero) is 2. The first kappa shape index (κ1) is 21.4. The van der Waals surface area contributed by atoms with Gasteiger partial charge in [0.05, 0.1) is 12.1 Å². The van der Waals surface area contributed by atoms with Crippen LogP contribution in [-0.2, 0) is 14.1 Å². The molecule has 3 aromatic carbocycles. The number of carbonyl (C=O) groups excluding carboxylic acids is 2. The molecule has 4 nitrogen and oxygen atoms in total. The van der Waals surface area contributed by atoms with Crippen LogP contribution in [0.4, 0.5) is 0 Å². The number of carbonyl (C=O) groups is 2. The van der Waals surface area contributed by atoms with E-state index in [1.807, 2.05) is 54.6 Å². The molecule has 0 atom stereocenters. The smallest absolute Gasteiger partial charge is 0.380 e. The van der Waals surface area contributed by atoms with E-state index in [9.17, 15) is 9.59 Å². The lowest BCUT2D eigenvalue weighted by molar-refractivity contribution is -0.125. The third kappa shape index (κ3) is 4.99. The Kier molecular flexibility index (Phi) is 7.09. The van der Waals surface area contributed by atoms with E-state index in [4.69, 9.17) is 4.53 Å². The predicted molar refractivity (Wildman–Crippen MR) is 123 cm³/mol. The van der Waals surface area contributed by atoms with Crippen molar-refractivity contribution >= 4 is 41.2 Å². The van der Waals surface area contributed by atoms with Crippen molar-refractivity contribution in [3.8, 4) is 0 Å². The molecule has 0 aromatic heterocycles. The normalized spacial score (nSPS) is 11.7. The molecule has 0 radical (unpaired) electrons. The van der Waals surface area contributed by atoms with Crippen LogP contribution in [0.25, 0.3) is 0 Å². The summed E-state index contributed by atoms with van der Waals surface area (Å²) in [5.41, 5.74) is 0.556. The van der Waals surface area contributed by atoms with Gasteiger partial charge in [-0.2, -0.15) is 0 Å². The molecule has 0 fully saturated rings. The molecule has 3 aromatic rings. The number of ketones is 2. The Bertz CT molecular complexity index is 921. The number of hydrogen-bond donors (Lipinski definition) is 0. The lowest BCUT2D eigenvalue weighted by Gasteiger charge is -2.30. The van der Waals surface area contributed by atoms with E-state index in [0.717, 1.165) is 15.6 Å². The maximum absolute atomic E-state index is 12.1. The van der Waals surface area contributed by atoms with Crippen molar-refractivity contribution in [1.82, 2.24) is 0 Å². The highest BCUT2D eigenvalue weighted by atomic mass is 28.4. The van der Waals surface area contributed by atoms with Crippen molar-refractivity contribution < 1.29 is 14.1 Å². The summed E-state index contributed by atoms with van der Waals surface area (Å²) in [7, 11) is -2.94. The summed E-state index contributed by atoms with van der Waals surface area (Å²) >= 11 is 0. The highest BCUT2D eigenvalue weighted by Crippen LogP contribution is 2.11. The zero-order chi connectivity index (χ0) is 21.4. The minimum atomic E-state index is -2.94. The van der Waals surface area contributed by atoms with Gasteiger partial charge in [-0.15, -0.1) is 5.16 Å². The minimum Gasteiger partial charge on any atom is -0.438 e. The molecule has 0 unspecified atom stereocenters. The molecule has 5 heteroatoms. The van der Waals surface area contributed by atoms with E-state index in [1.165, 1.54) is 6.92 Å². The van der Waals surface area contributed by atoms with Gasteiger partial charge in [0.2, 0.25) is 0 Å². The quantitative estimate of drug-likeness (QED) is 0.177. The molecular formula is C25H25NO3Si. The third-order valence-electron chi connectivity index (χ3n) is 4.78. The van der Waals surface area contributed by atoms with Gasteiger partial charge in [-0.1, -0.05) is 91.0 Å². The van der Waals surface area contributed by atoms with Gasteiger partial charge in [0.25, 0.3) is 0 Å². The summed E-state index contributed by atoms with van der Waals surface area (Å²) in [6, 6.07) is 30.3. The van der Waals surface area contributed by atoms with E-state index in [2.05, 4.69) is 41.6 Å². The zero-order valence-corrected chi connectivity index (χ0v) is 18.2. The van der Waals surface area contributed by atoms with E-state index in [1.54, 1.807) is 6.92 Å². The first-order chi connectivity index (χ1) is 14.5. The fourth-order valence-corrected chi connectivity index (χ4v) is 7.08. The molecule has 0 N–H and O–H groups in total. The predicted octanol–water partition coefficient (Wildman–Crippen LogP) is 2.98. The standard InChI is InChI=1S/C25H25NO3Si/c1-20(18-22(28)19-21(2)27)26-29-30(23-12-6-3-7-13-23,24-14-8-4-9-15-24)25-16-10-5-11-17-25/h3-17H,18-19H2,1-2H3/b26-20+. The average molecular weight is 416 g/mol. The van der Waals surface area contributed by atoms with Crippen molar-refractivity contribution in [3.63, 3.8) is 0 Å². The summed E-state index contributed by atoms with van der Waals surface area (Å²) in [4.78, 5) is 23.3. The summed E-state index contributed by atoms with van der Waals surface area (Å²) in [6.45, 7) is 3.18. The van der Waals surface area contributed by atoms with Crippen LogP contribution in [0.15, 0.2) is 96.2 Å². The highest BCUT2D eigenvalue weighted by molar-refractivity contribution is 7.07. The van der Waals surface area contributed by atoms with Crippen molar-refractivity contribution in [1.29, 1.82) is 0 Å². The number of nitrogens with zero attached hydrogens (tertiary/aromatic N) is 1. The largest absolute Gasteiger partial charge is 0.438 e. The first-order valence-corrected chi connectivity index (χ1v) is 11.8. The van der Waals surface area contributed by atoms with Crippen molar-refractivity contribution in [2.75, 3.05) is 0 Å². The van der Waals surface area contributed by atoms with Crippen LogP contribution >= 0.6 is 0 Å². The lowest BCUT2D eigenvalue weighted by atomic mass is 10.1. The van der Waals surface area contributed by atoms with Crippen LogP contribution in [0.3, 0.4) is 0 Å². The topological polar surface area (TPSA) is 55.7 Å². The van der Waals surface area contributed by atoms with E-state index < -0.39 is 8.32 Å². The Morgan fingerprint density at radius 1 is 0.700 bits per heavy atom. The monoisotopic (exact) mass is 415 g/mol. The molecule has 3 rings (SSSR count). The van der Waals surface area contributed by atoms with Gasteiger partial charge in [-0.3, -0.25) is 9.59 Å². The van der Waals surface area contributed by atoms with Crippen LogP contribution in [0.5, 0.6) is 0 Å². The third-order valence-corrected chi connectivity index (χ3v) is 8.58. The lowest BCUT2D eigenvalue weighted by Crippen LogP contribution is -2.68. The molecule has 0 spiro atoms. The van der Waals surface area contributed by atoms with Crippen LogP contribution in [0, 0.1) is 0 Å². The van der Waals surface area contributed by atoms with Gasteiger partial charge in [0, 0.05) is 6.42 Å². The fourth-order valence-electron chi connectivity index (χ4n) is 3.48. The molecule has 0 saturated heterocycles. The molecular weight excluding hydrogens is 390 g/mol. The Labute approximate surface area is 178 Å². The molecule has 0 aliphatic heterocycles. The average Bonchev–Trinajstić information content (AvgIpc) is 2.76. The molecule has 0 bridgehead atoms. The fraction of sp³-hybridized carbons (Fsp3) is 0.160. The second-order valence-corrected chi connectivity index (χ2v) is 10.6. The minimum absolute atomic E-state index is 0.0779. The van der Waals surface area contributed by atoms with Crippen molar-refractivity contribution in [3.05, 3.63) is 91.0 Å². The van der Waals surface area contributed by atoms with Crippen LogP contribution < -0.4 is 15.6 Å². The SMILES string of the molecule is CC(=O)CC(=O)C/C(C)=N/O[Si](c1ccccc1)(c1ccccc1)c1ccccc1. The first-order valence-electron chi connectivity index (χ1n) is 9.91. The maximum atomic E-state index is 12.1. The molecule has 0 saturated carbocycles. The Morgan fingerprint density at radius 2 is 1.10 bits per heavy atom. The van der Waals surface area contributed by atoms with E-state index >= 15 is 0 Å². The summed E-state index contributed by atoms with van der Waals surface area (Å²) in [5.74, 6) is -0.297. The van der Waals surface area contributed by atoms with Gasteiger partial charge in [-0.05, 0) is 29.4 Å². The Morgan fingerprint density at radius 3 is 1.47 bits per heavy atom. The summed E-state index contributed by atoms with van der Waals surface area (Å²) < 4.78 is 6.45. The van der Waals surface area contributed by atoms with E-state index in [-0.39, 0.29) is 24.4 Å². The van der Waals surface area contributed by atoms with Crippen molar-refractivity contribution in [2.24, 2.45) is 5.16 Å². The zero-order valence-electron chi connectivity index (χ0n) is 17.2. The molecule has 30 heavy (non-hydrogen) atoms. The molecule has 0 aliphatic carbocycles. The van der Waals surface area contributed by atoms with Gasteiger partial charge in [0.15, 0.2) is 0 Å². The summed E-state index contributed by atoms with van der Waals surface area (Å²) in [5, 5.41) is 7.61. The second-order valence-electron chi connectivity index (χ2n) is 7.29. The summed E-state index contributed by atoms with van der Waals surface area (Å²) in [6.07, 6.45) is 0.0217. The number of hydrogen-bond acceptors (Lipinski definition) is 4. The molecule has 0 amide bonds. The van der Waals surface area contributed by atoms with Crippen LogP contribution in [0.1, 0.15) is 26.7 Å². The number of rotatable bonds is 9. The number of oxime groups is 1. The van der Waals surface area contributed by atoms with Gasteiger partial charge >= 0.3 is 8.32 Å². The highest BCUT2D eigenvalue weighted by Gasteiger charge is 2.44. The van der Waals surface area contributed by atoms with Crippen LogP contribution in [0.2, 0.25) is 0 Å². The van der Waals surface area contributed by atoms with Gasteiger partial charge in [-0.25, -0.2) is 0 Å². The molecule has 0 aliphatic rings. The maximum Gasteiger partial charge on any atom is 0.380 e.